The summed E-state index contributed by atoms with van der Waals surface area (Å²) in [6, 6.07) is 10.4. The van der Waals surface area contributed by atoms with Crippen molar-refractivity contribution in [2.45, 2.75) is 39.8 Å². The highest BCUT2D eigenvalue weighted by Crippen LogP contribution is 2.10. The van der Waals surface area contributed by atoms with E-state index in [0.717, 1.165) is 6.42 Å². The first-order chi connectivity index (χ1) is 7.15. The second-order valence-corrected chi connectivity index (χ2v) is 3.89. The largest absolute Gasteiger partial charge is 0.336 e. The predicted molar refractivity (Wildman–Crippen MR) is 62.4 cm³/mol. The maximum Gasteiger partial charge on any atom is 0.219 e. The number of rotatable bonds is 4. The molecule has 0 aromatic heterocycles. The van der Waals surface area contributed by atoms with Crippen LogP contribution >= 0.6 is 0 Å². The van der Waals surface area contributed by atoms with Crippen molar-refractivity contribution in [3.05, 3.63) is 35.9 Å². The lowest BCUT2D eigenvalue weighted by Crippen LogP contribution is -2.35. The fourth-order valence-corrected chi connectivity index (χ4v) is 1.58. The van der Waals surface area contributed by atoms with Crippen LogP contribution in [0.4, 0.5) is 0 Å². The van der Waals surface area contributed by atoms with Crippen LogP contribution in [0.2, 0.25) is 0 Å². The third kappa shape index (κ3) is 3.39. The lowest BCUT2D eigenvalue weighted by molar-refractivity contribution is -0.131. The smallest absolute Gasteiger partial charge is 0.219 e. The van der Waals surface area contributed by atoms with Gasteiger partial charge < -0.3 is 4.90 Å². The third-order valence-electron chi connectivity index (χ3n) is 2.72. The summed E-state index contributed by atoms with van der Waals surface area (Å²) in [5.74, 6) is 0.146. The number of hydrogen-bond acceptors (Lipinski definition) is 1. The van der Waals surface area contributed by atoms with Gasteiger partial charge in [-0.15, -0.1) is 0 Å². The second kappa shape index (κ2) is 5.54. The molecule has 0 saturated heterocycles. The van der Waals surface area contributed by atoms with Gasteiger partial charge in [-0.2, -0.15) is 0 Å². The average molecular weight is 205 g/mol. The second-order valence-electron chi connectivity index (χ2n) is 3.89. The van der Waals surface area contributed by atoms with Crippen molar-refractivity contribution in [3.63, 3.8) is 0 Å². The number of hydrogen-bond donors (Lipinski definition) is 0. The molecule has 1 amide bonds. The molecule has 0 N–H and O–H groups in total. The molecular formula is C13H19NO. The molecule has 1 unspecified atom stereocenters. The van der Waals surface area contributed by atoms with Crippen LogP contribution in [-0.4, -0.2) is 16.8 Å². The normalized spacial score (nSPS) is 12.2. The molecule has 0 aliphatic rings. The van der Waals surface area contributed by atoms with E-state index in [4.69, 9.17) is 0 Å². The Kier molecular flexibility index (Phi) is 4.35. The van der Waals surface area contributed by atoms with Gasteiger partial charge in [-0.3, -0.25) is 4.79 Å². The Labute approximate surface area is 91.9 Å². The highest BCUT2D eigenvalue weighted by molar-refractivity contribution is 5.73. The van der Waals surface area contributed by atoms with Crippen LogP contribution in [0.5, 0.6) is 0 Å². The molecule has 0 bridgehead atoms. The molecule has 0 heterocycles. The minimum atomic E-state index is 0.146. The predicted octanol–water partition coefficient (Wildman–Crippen LogP) is 2.83. The molecule has 1 rings (SSSR count). The molecule has 0 fully saturated rings. The maximum atomic E-state index is 11.5. The molecule has 2 nitrogen and oxygen atoms in total. The number of amides is 1. The first kappa shape index (κ1) is 11.8. The molecule has 1 aromatic rings. The van der Waals surface area contributed by atoms with Gasteiger partial charge in [0.2, 0.25) is 5.91 Å². The van der Waals surface area contributed by atoms with Crippen LogP contribution < -0.4 is 0 Å². The highest BCUT2D eigenvalue weighted by atomic mass is 16.2. The van der Waals surface area contributed by atoms with Gasteiger partial charge in [0.05, 0.1) is 0 Å². The lowest BCUT2D eigenvalue weighted by atomic mass is 10.1. The average Bonchev–Trinajstić information content (AvgIpc) is 2.26. The summed E-state index contributed by atoms with van der Waals surface area (Å²) in [7, 11) is 0. The summed E-state index contributed by atoms with van der Waals surface area (Å²) in [4.78, 5) is 13.4. The monoisotopic (exact) mass is 205 g/mol. The Morgan fingerprint density at radius 2 is 1.93 bits per heavy atom. The van der Waals surface area contributed by atoms with Crippen LogP contribution in [0.25, 0.3) is 0 Å². The summed E-state index contributed by atoms with van der Waals surface area (Å²) < 4.78 is 0. The van der Waals surface area contributed by atoms with Crippen LogP contribution in [0, 0.1) is 0 Å². The van der Waals surface area contributed by atoms with E-state index in [1.54, 1.807) is 6.92 Å². The van der Waals surface area contributed by atoms with Crippen LogP contribution in [0.3, 0.4) is 0 Å². The number of carbonyl (C=O) groups excluding carboxylic acids is 1. The number of benzene rings is 1. The van der Waals surface area contributed by atoms with Crippen molar-refractivity contribution in [2.75, 3.05) is 0 Å². The zero-order chi connectivity index (χ0) is 11.3. The molecular weight excluding hydrogens is 186 g/mol. The van der Waals surface area contributed by atoms with Gasteiger partial charge in [0.25, 0.3) is 0 Å². The zero-order valence-corrected chi connectivity index (χ0v) is 9.73. The summed E-state index contributed by atoms with van der Waals surface area (Å²) >= 11 is 0. The minimum Gasteiger partial charge on any atom is -0.336 e. The maximum absolute atomic E-state index is 11.5. The van der Waals surface area contributed by atoms with E-state index in [9.17, 15) is 4.79 Å². The molecule has 82 valence electrons. The van der Waals surface area contributed by atoms with E-state index >= 15 is 0 Å². The fourth-order valence-electron chi connectivity index (χ4n) is 1.58. The summed E-state index contributed by atoms with van der Waals surface area (Å²) in [5, 5.41) is 0. The van der Waals surface area contributed by atoms with Crippen molar-refractivity contribution in [1.82, 2.24) is 4.90 Å². The summed E-state index contributed by atoms with van der Waals surface area (Å²) in [5.41, 5.74) is 1.19. The summed E-state index contributed by atoms with van der Waals surface area (Å²) in [6.45, 7) is 6.54. The van der Waals surface area contributed by atoms with Gasteiger partial charge in [-0.1, -0.05) is 37.3 Å². The Hall–Kier alpha value is -1.31. The van der Waals surface area contributed by atoms with Gasteiger partial charge in [0.15, 0.2) is 0 Å². The Balaban J connectivity index is 2.71. The molecule has 0 spiro atoms. The quantitative estimate of drug-likeness (QED) is 0.740. The third-order valence-corrected chi connectivity index (χ3v) is 2.72. The molecule has 0 aliphatic carbocycles. The van der Waals surface area contributed by atoms with Crippen molar-refractivity contribution in [2.24, 2.45) is 0 Å². The van der Waals surface area contributed by atoms with Gasteiger partial charge >= 0.3 is 0 Å². The first-order valence-corrected chi connectivity index (χ1v) is 5.46. The molecule has 2 heteroatoms. The Morgan fingerprint density at radius 3 is 2.40 bits per heavy atom. The molecule has 0 aliphatic heterocycles. The van der Waals surface area contributed by atoms with Crippen molar-refractivity contribution in [1.29, 1.82) is 0 Å². The zero-order valence-electron chi connectivity index (χ0n) is 9.73. The van der Waals surface area contributed by atoms with E-state index in [1.807, 2.05) is 23.1 Å². The molecule has 1 aromatic carbocycles. The SMILES string of the molecule is CCC(C)N(Cc1ccccc1)C(C)=O. The van der Waals surface area contributed by atoms with E-state index < -0.39 is 0 Å². The number of carbonyl (C=O) groups is 1. The van der Waals surface area contributed by atoms with Gasteiger partial charge in [0, 0.05) is 19.5 Å². The molecule has 1 atom stereocenters. The number of nitrogens with zero attached hydrogens (tertiary/aromatic N) is 1. The highest BCUT2D eigenvalue weighted by Gasteiger charge is 2.14. The minimum absolute atomic E-state index is 0.146. The fraction of sp³-hybridized carbons (Fsp3) is 0.462. The van der Waals surface area contributed by atoms with Crippen molar-refractivity contribution in [3.8, 4) is 0 Å². The Bertz CT molecular complexity index is 308. The topological polar surface area (TPSA) is 20.3 Å². The van der Waals surface area contributed by atoms with Crippen LogP contribution in [0.1, 0.15) is 32.8 Å². The van der Waals surface area contributed by atoms with E-state index in [-0.39, 0.29) is 5.91 Å². The first-order valence-electron chi connectivity index (χ1n) is 5.46. The summed E-state index contributed by atoms with van der Waals surface area (Å²) in [6.07, 6.45) is 0.992. The van der Waals surface area contributed by atoms with E-state index in [1.165, 1.54) is 5.56 Å². The van der Waals surface area contributed by atoms with Crippen LogP contribution in [-0.2, 0) is 11.3 Å². The van der Waals surface area contributed by atoms with Gasteiger partial charge in [-0.05, 0) is 18.9 Å². The van der Waals surface area contributed by atoms with Gasteiger partial charge in [-0.25, -0.2) is 0 Å². The van der Waals surface area contributed by atoms with Crippen molar-refractivity contribution >= 4 is 5.91 Å². The Morgan fingerprint density at radius 1 is 1.33 bits per heavy atom. The standard InChI is InChI=1S/C13H19NO/c1-4-11(2)14(12(3)15)10-13-8-6-5-7-9-13/h5-9,11H,4,10H2,1-3H3. The lowest BCUT2D eigenvalue weighted by Gasteiger charge is -2.27. The van der Waals surface area contributed by atoms with Crippen molar-refractivity contribution < 1.29 is 4.79 Å². The molecule has 0 saturated carbocycles. The van der Waals surface area contributed by atoms with E-state index in [2.05, 4.69) is 26.0 Å². The van der Waals surface area contributed by atoms with Crippen LogP contribution in [0.15, 0.2) is 30.3 Å². The molecule has 0 radical (unpaired) electrons. The van der Waals surface area contributed by atoms with Gasteiger partial charge in [0.1, 0.15) is 0 Å². The van der Waals surface area contributed by atoms with E-state index in [0.29, 0.717) is 12.6 Å². The molecule has 15 heavy (non-hydrogen) atoms.